The van der Waals surface area contributed by atoms with Crippen LogP contribution in [0.15, 0.2) is 52.3 Å². The summed E-state index contributed by atoms with van der Waals surface area (Å²) >= 11 is 4.85. The molecule has 2 aromatic carbocycles. The van der Waals surface area contributed by atoms with Crippen molar-refractivity contribution < 1.29 is 9.18 Å². The fourth-order valence-corrected chi connectivity index (χ4v) is 5.10. The molecule has 3 N–H and O–H groups in total. The Morgan fingerprint density at radius 2 is 2.00 bits per heavy atom. The molecule has 4 rings (SSSR count). The molecule has 1 saturated heterocycles. The van der Waals surface area contributed by atoms with Gasteiger partial charge < -0.3 is 15.5 Å². The molecule has 1 fully saturated rings. The third kappa shape index (κ3) is 5.95. The van der Waals surface area contributed by atoms with Crippen molar-refractivity contribution in [2.75, 3.05) is 36.4 Å². The third-order valence-corrected chi connectivity index (χ3v) is 7.36. The van der Waals surface area contributed by atoms with Gasteiger partial charge in [-0.15, -0.1) is 11.3 Å². The Bertz CT molecular complexity index is 1130. The maximum Gasteiger partial charge on any atom is 0.321 e. The van der Waals surface area contributed by atoms with Gasteiger partial charge in [0, 0.05) is 41.4 Å². The highest BCUT2D eigenvalue weighted by Gasteiger charge is 2.26. The van der Waals surface area contributed by atoms with Crippen LogP contribution in [0.25, 0.3) is 0 Å². The van der Waals surface area contributed by atoms with Crippen molar-refractivity contribution in [3.63, 3.8) is 0 Å². The summed E-state index contributed by atoms with van der Waals surface area (Å²) in [5.41, 5.74) is 3.05. The van der Waals surface area contributed by atoms with E-state index in [1.807, 2.05) is 23.6 Å². The van der Waals surface area contributed by atoms with E-state index in [0.717, 1.165) is 48.3 Å². The maximum absolute atomic E-state index is 14.7. The second kappa shape index (κ2) is 10.8. The van der Waals surface area contributed by atoms with Crippen molar-refractivity contribution in [2.24, 2.45) is 0 Å². The number of hydrogen-bond donors (Lipinski definition) is 3. The number of aromatic nitrogens is 1. The van der Waals surface area contributed by atoms with Crippen LogP contribution >= 0.6 is 27.3 Å². The Balaban J connectivity index is 1.33. The number of benzene rings is 2. The number of carbonyl (C=O) groups is 1. The van der Waals surface area contributed by atoms with Gasteiger partial charge in [-0.2, -0.15) is 0 Å². The van der Waals surface area contributed by atoms with Crippen molar-refractivity contribution in [2.45, 2.75) is 32.2 Å². The minimum atomic E-state index is -0.370. The Morgan fingerprint density at radius 1 is 1.21 bits per heavy atom. The third-order valence-electron chi connectivity index (χ3n) is 6.08. The number of carbonyl (C=O) groups excluding carboxylic acids is 1. The van der Waals surface area contributed by atoms with Crippen LogP contribution in [0.3, 0.4) is 0 Å². The van der Waals surface area contributed by atoms with Crippen LogP contribution in [0.4, 0.5) is 20.0 Å². The molecule has 9 heteroatoms. The zero-order valence-corrected chi connectivity index (χ0v) is 21.7. The van der Waals surface area contributed by atoms with Gasteiger partial charge in [-0.1, -0.05) is 48.0 Å². The molecule has 0 radical (unpaired) electrons. The van der Waals surface area contributed by atoms with Crippen molar-refractivity contribution in [3.8, 4) is 0 Å². The van der Waals surface area contributed by atoms with Gasteiger partial charge in [0.25, 0.3) is 0 Å². The topological polar surface area (TPSA) is 69.3 Å². The normalized spacial score (nSPS) is 14.5. The van der Waals surface area contributed by atoms with Gasteiger partial charge in [-0.05, 0) is 48.4 Å². The fourth-order valence-electron chi connectivity index (χ4n) is 3.96. The number of rotatable bonds is 6. The summed E-state index contributed by atoms with van der Waals surface area (Å²) in [4.78, 5) is 19.1. The smallest absolute Gasteiger partial charge is 0.321 e. The summed E-state index contributed by atoms with van der Waals surface area (Å²) in [6, 6.07) is 12.9. The Hall–Kier alpha value is -2.49. The van der Waals surface area contributed by atoms with E-state index in [4.69, 9.17) is 0 Å². The molecule has 0 spiro atoms. The van der Waals surface area contributed by atoms with E-state index in [-0.39, 0.29) is 23.8 Å². The van der Waals surface area contributed by atoms with Crippen LogP contribution < -0.4 is 20.9 Å². The maximum atomic E-state index is 14.7. The largest absolute Gasteiger partial charge is 0.368 e. The van der Waals surface area contributed by atoms with Gasteiger partial charge in [-0.3, -0.25) is 5.32 Å². The van der Waals surface area contributed by atoms with E-state index in [9.17, 15) is 9.18 Å². The standard InChI is InChI=1S/C25H29BrFN5OS/c1-25(2,18-5-7-19(26)8-6-18)22-16-34-24(30-22)31-23(33)29-15-17-4-9-21(20(27)14-17)32-12-3-10-28-11-13-32/h4-9,14,16,28H,3,10-13,15H2,1-2H3,(H2,29,30,31,33). The van der Waals surface area contributed by atoms with Gasteiger partial charge in [0.05, 0.1) is 11.4 Å². The summed E-state index contributed by atoms with van der Waals surface area (Å²) in [5, 5.41) is 11.4. The zero-order chi connectivity index (χ0) is 24.1. The average Bonchev–Trinajstić information content (AvgIpc) is 3.12. The molecule has 1 aromatic heterocycles. The van der Waals surface area contributed by atoms with Gasteiger partial charge >= 0.3 is 6.03 Å². The number of halogens is 2. The molecule has 1 aliphatic heterocycles. The zero-order valence-electron chi connectivity index (χ0n) is 19.3. The van der Waals surface area contributed by atoms with Crippen LogP contribution in [0.1, 0.15) is 37.1 Å². The van der Waals surface area contributed by atoms with Crippen molar-refractivity contribution in [3.05, 3.63) is 75.0 Å². The van der Waals surface area contributed by atoms with E-state index in [1.54, 1.807) is 6.07 Å². The molecular weight excluding hydrogens is 517 g/mol. The quantitative estimate of drug-likeness (QED) is 0.383. The SMILES string of the molecule is CC(C)(c1ccc(Br)cc1)c1csc(NC(=O)NCc2ccc(N3CCCNCC3)c(F)c2)n1. The van der Waals surface area contributed by atoms with E-state index < -0.39 is 0 Å². The predicted molar refractivity (Wildman–Crippen MR) is 140 cm³/mol. The molecule has 0 unspecified atom stereocenters. The molecule has 1 aliphatic rings. The average molecular weight is 547 g/mol. The van der Waals surface area contributed by atoms with Crippen LogP contribution in [0, 0.1) is 5.82 Å². The Labute approximate surface area is 212 Å². The molecule has 0 saturated carbocycles. The highest BCUT2D eigenvalue weighted by Crippen LogP contribution is 2.34. The lowest BCUT2D eigenvalue weighted by Gasteiger charge is -2.23. The summed E-state index contributed by atoms with van der Waals surface area (Å²) in [7, 11) is 0. The first-order valence-electron chi connectivity index (χ1n) is 11.3. The number of hydrogen-bond acceptors (Lipinski definition) is 5. The van der Waals surface area contributed by atoms with Gasteiger partial charge in [0.15, 0.2) is 5.13 Å². The number of urea groups is 1. The first-order chi connectivity index (χ1) is 16.3. The lowest BCUT2D eigenvalue weighted by Crippen LogP contribution is -2.29. The molecule has 0 bridgehead atoms. The Kier molecular flexibility index (Phi) is 7.85. The summed E-state index contributed by atoms with van der Waals surface area (Å²) in [6.45, 7) is 7.86. The molecular formula is C25H29BrFN5OS. The lowest BCUT2D eigenvalue weighted by atomic mass is 9.82. The first kappa shape index (κ1) is 24.6. The number of nitrogens with zero attached hydrogens (tertiary/aromatic N) is 2. The fraction of sp³-hybridized carbons (Fsp3) is 0.360. The van der Waals surface area contributed by atoms with Gasteiger partial charge in [0.1, 0.15) is 5.82 Å². The van der Waals surface area contributed by atoms with Crippen molar-refractivity contribution in [1.82, 2.24) is 15.6 Å². The molecule has 2 amide bonds. The predicted octanol–water partition coefficient (Wildman–Crippen LogP) is 5.49. The van der Waals surface area contributed by atoms with Crippen LogP contribution in [-0.2, 0) is 12.0 Å². The Morgan fingerprint density at radius 3 is 2.76 bits per heavy atom. The van der Waals surface area contributed by atoms with Crippen LogP contribution in [-0.4, -0.2) is 37.2 Å². The van der Waals surface area contributed by atoms with Crippen molar-refractivity contribution in [1.29, 1.82) is 0 Å². The second-order valence-electron chi connectivity index (χ2n) is 8.85. The van der Waals surface area contributed by atoms with E-state index >= 15 is 0 Å². The summed E-state index contributed by atoms with van der Waals surface area (Å²) < 4.78 is 15.7. The molecule has 2 heterocycles. The van der Waals surface area contributed by atoms with Gasteiger partial charge in [-0.25, -0.2) is 14.2 Å². The number of anilines is 2. The van der Waals surface area contributed by atoms with E-state index in [0.29, 0.717) is 16.4 Å². The number of nitrogens with one attached hydrogen (secondary N) is 3. The number of thiazole rings is 1. The number of amides is 2. The van der Waals surface area contributed by atoms with Crippen LogP contribution in [0.2, 0.25) is 0 Å². The molecule has 0 aliphatic carbocycles. The summed E-state index contributed by atoms with van der Waals surface area (Å²) in [5.74, 6) is -0.263. The van der Waals surface area contributed by atoms with Gasteiger partial charge in [0.2, 0.25) is 0 Å². The van der Waals surface area contributed by atoms with E-state index in [2.05, 4.69) is 67.7 Å². The molecule has 6 nitrogen and oxygen atoms in total. The molecule has 34 heavy (non-hydrogen) atoms. The second-order valence-corrected chi connectivity index (χ2v) is 10.6. The molecule has 0 atom stereocenters. The molecule has 180 valence electrons. The monoisotopic (exact) mass is 545 g/mol. The summed E-state index contributed by atoms with van der Waals surface area (Å²) in [6.07, 6.45) is 0.988. The highest BCUT2D eigenvalue weighted by molar-refractivity contribution is 9.10. The lowest BCUT2D eigenvalue weighted by molar-refractivity contribution is 0.251. The first-order valence-corrected chi connectivity index (χ1v) is 13.0. The highest BCUT2D eigenvalue weighted by atomic mass is 79.9. The van der Waals surface area contributed by atoms with Crippen LogP contribution in [0.5, 0.6) is 0 Å². The minimum absolute atomic E-state index is 0.229. The minimum Gasteiger partial charge on any atom is -0.368 e. The van der Waals surface area contributed by atoms with E-state index in [1.165, 1.54) is 17.4 Å². The molecule has 3 aromatic rings. The van der Waals surface area contributed by atoms with Crippen molar-refractivity contribution >= 4 is 44.1 Å².